The lowest BCUT2D eigenvalue weighted by Gasteiger charge is -2.19. The zero-order chi connectivity index (χ0) is 21.9. The Balaban J connectivity index is 2.09. The van der Waals surface area contributed by atoms with Crippen LogP contribution in [0.15, 0.2) is 39.7 Å². The minimum absolute atomic E-state index is 0.175. The van der Waals surface area contributed by atoms with Crippen molar-refractivity contribution in [2.75, 3.05) is 0 Å². The van der Waals surface area contributed by atoms with Gasteiger partial charge in [-0.25, -0.2) is 8.42 Å². The Morgan fingerprint density at radius 2 is 1.45 bits per heavy atom. The normalized spacial score (nSPS) is 12.3. The number of nitrogens with one attached hydrogen (secondary N) is 3. The van der Waals surface area contributed by atoms with Gasteiger partial charge < -0.3 is 0 Å². The van der Waals surface area contributed by atoms with Crippen molar-refractivity contribution in [3.05, 3.63) is 62.6 Å². The van der Waals surface area contributed by atoms with Gasteiger partial charge in [0.05, 0.1) is 10.9 Å². The lowest BCUT2D eigenvalue weighted by molar-refractivity contribution is -0.123. The number of aryl methyl sites for hydroxylation is 2. The molecule has 0 spiro atoms. The van der Waals surface area contributed by atoms with Crippen LogP contribution in [0.25, 0.3) is 0 Å². The van der Waals surface area contributed by atoms with Crippen LogP contribution in [0.3, 0.4) is 0 Å². The quantitative estimate of drug-likeness (QED) is 0.570. The molecule has 7 nitrogen and oxygen atoms in total. The molecule has 3 N–H and O–H groups in total. The lowest BCUT2D eigenvalue weighted by Crippen LogP contribution is -2.51. The SMILES string of the molecule is Cc1cc(C)c(C)c(S(=O)(=O)N[C@@H](C)C(=O)NNC(=O)c2ccc(Br)cc2)c1C. The van der Waals surface area contributed by atoms with Crippen LogP contribution in [0.1, 0.15) is 39.5 Å². The molecule has 9 heteroatoms. The van der Waals surface area contributed by atoms with E-state index < -0.39 is 27.9 Å². The van der Waals surface area contributed by atoms with E-state index in [1.54, 1.807) is 38.1 Å². The topological polar surface area (TPSA) is 104 Å². The van der Waals surface area contributed by atoms with Crippen molar-refractivity contribution in [2.24, 2.45) is 0 Å². The number of hydrogen-bond donors (Lipinski definition) is 3. The number of carbonyl (C=O) groups is 2. The second kappa shape index (κ2) is 9.06. The van der Waals surface area contributed by atoms with Crippen LogP contribution in [0.2, 0.25) is 0 Å². The molecule has 0 aliphatic carbocycles. The van der Waals surface area contributed by atoms with Gasteiger partial charge in [-0.05, 0) is 81.1 Å². The number of sulfonamides is 1. The van der Waals surface area contributed by atoms with E-state index in [-0.39, 0.29) is 4.90 Å². The Morgan fingerprint density at radius 1 is 0.931 bits per heavy atom. The van der Waals surface area contributed by atoms with E-state index in [0.717, 1.165) is 15.6 Å². The van der Waals surface area contributed by atoms with Gasteiger partial charge in [0.15, 0.2) is 0 Å². The first-order valence-electron chi connectivity index (χ1n) is 8.89. The summed E-state index contributed by atoms with van der Waals surface area (Å²) in [4.78, 5) is 24.5. The second-order valence-corrected chi connectivity index (χ2v) is 9.45. The van der Waals surface area contributed by atoms with Crippen LogP contribution >= 0.6 is 15.9 Å². The van der Waals surface area contributed by atoms with Crippen molar-refractivity contribution in [3.63, 3.8) is 0 Å². The second-order valence-electron chi connectivity index (χ2n) is 6.88. The molecule has 2 aromatic rings. The molecule has 0 fully saturated rings. The Morgan fingerprint density at radius 3 is 1.97 bits per heavy atom. The number of amides is 2. The fourth-order valence-corrected chi connectivity index (χ4v) is 4.91. The summed E-state index contributed by atoms with van der Waals surface area (Å²) in [5.74, 6) is -1.19. The number of hydrazine groups is 1. The van der Waals surface area contributed by atoms with Crippen molar-refractivity contribution in [2.45, 2.75) is 45.6 Å². The zero-order valence-corrected chi connectivity index (χ0v) is 19.3. The lowest BCUT2D eigenvalue weighted by atomic mass is 10.0. The summed E-state index contributed by atoms with van der Waals surface area (Å²) in [6.45, 7) is 8.56. The fraction of sp³-hybridized carbons (Fsp3) is 0.300. The minimum Gasteiger partial charge on any atom is -0.271 e. The molecule has 0 aromatic heterocycles. The summed E-state index contributed by atoms with van der Waals surface area (Å²) < 4.78 is 29.0. The number of carbonyl (C=O) groups excluding carboxylic acids is 2. The Bertz CT molecular complexity index is 1020. The average Bonchev–Trinajstić information content (AvgIpc) is 2.64. The fourth-order valence-electron chi connectivity index (χ4n) is 2.83. The summed E-state index contributed by atoms with van der Waals surface area (Å²) in [6, 6.07) is 7.40. The number of rotatable bonds is 5. The summed E-state index contributed by atoms with van der Waals surface area (Å²) in [7, 11) is -3.94. The summed E-state index contributed by atoms with van der Waals surface area (Å²) in [5.41, 5.74) is 7.85. The Labute approximate surface area is 179 Å². The molecule has 2 aromatic carbocycles. The number of hydrogen-bond acceptors (Lipinski definition) is 4. The molecule has 0 heterocycles. The molecule has 156 valence electrons. The molecule has 0 saturated carbocycles. The van der Waals surface area contributed by atoms with Crippen LogP contribution < -0.4 is 15.6 Å². The molecule has 29 heavy (non-hydrogen) atoms. The minimum atomic E-state index is -3.94. The van der Waals surface area contributed by atoms with Crippen molar-refractivity contribution in [3.8, 4) is 0 Å². The van der Waals surface area contributed by atoms with E-state index in [1.807, 2.05) is 19.9 Å². The smallest absolute Gasteiger partial charge is 0.269 e. The highest BCUT2D eigenvalue weighted by Gasteiger charge is 2.26. The predicted molar refractivity (Wildman–Crippen MR) is 115 cm³/mol. The predicted octanol–water partition coefficient (Wildman–Crippen LogP) is 2.81. The molecule has 0 saturated heterocycles. The largest absolute Gasteiger partial charge is 0.271 e. The summed E-state index contributed by atoms with van der Waals surface area (Å²) in [6.07, 6.45) is 0. The van der Waals surface area contributed by atoms with E-state index >= 15 is 0 Å². The highest BCUT2D eigenvalue weighted by Crippen LogP contribution is 2.26. The maximum atomic E-state index is 12.9. The third-order valence-electron chi connectivity index (χ3n) is 4.70. The van der Waals surface area contributed by atoms with Gasteiger partial charge in [0.1, 0.15) is 0 Å². The highest BCUT2D eigenvalue weighted by molar-refractivity contribution is 9.10. The van der Waals surface area contributed by atoms with Gasteiger partial charge in [0, 0.05) is 10.0 Å². The van der Waals surface area contributed by atoms with Gasteiger partial charge in [0.25, 0.3) is 11.8 Å². The average molecular weight is 482 g/mol. The molecule has 0 aliphatic heterocycles. The molecule has 0 radical (unpaired) electrons. The van der Waals surface area contributed by atoms with Crippen LogP contribution in [0.5, 0.6) is 0 Å². The Kier molecular flexibility index (Phi) is 7.20. The monoisotopic (exact) mass is 481 g/mol. The van der Waals surface area contributed by atoms with Crippen LogP contribution in [-0.4, -0.2) is 26.3 Å². The van der Waals surface area contributed by atoms with Gasteiger partial charge in [-0.1, -0.05) is 22.0 Å². The first-order valence-corrected chi connectivity index (χ1v) is 11.2. The third-order valence-corrected chi connectivity index (χ3v) is 7.04. The van der Waals surface area contributed by atoms with Crippen molar-refractivity contribution in [1.82, 2.24) is 15.6 Å². The molecule has 0 aliphatic rings. The molecule has 1 atom stereocenters. The summed E-state index contributed by atoms with van der Waals surface area (Å²) >= 11 is 3.28. The molecule has 0 unspecified atom stereocenters. The van der Waals surface area contributed by atoms with E-state index in [4.69, 9.17) is 0 Å². The third kappa shape index (κ3) is 5.43. The van der Waals surface area contributed by atoms with Crippen LogP contribution in [0.4, 0.5) is 0 Å². The van der Waals surface area contributed by atoms with E-state index in [1.165, 1.54) is 6.92 Å². The first-order chi connectivity index (χ1) is 13.4. The molecular weight excluding hydrogens is 458 g/mol. The van der Waals surface area contributed by atoms with Crippen LogP contribution in [-0.2, 0) is 14.8 Å². The molecule has 2 amide bonds. The maximum absolute atomic E-state index is 12.9. The number of benzene rings is 2. The van der Waals surface area contributed by atoms with E-state index in [2.05, 4.69) is 31.5 Å². The van der Waals surface area contributed by atoms with Gasteiger partial charge in [-0.15, -0.1) is 0 Å². The van der Waals surface area contributed by atoms with Gasteiger partial charge in [-0.3, -0.25) is 20.4 Å². The van der Waals surface area contributed by atoms with E-state index in [0.29, 0.717) is 16.7 Å². The van der Waals surface area contributed by atoms with Crippen molar-refractivity contribution < 1.29 is 18.0 Å². The van der Waals surface area contributed by atoms with E-state index in [9.17, 15) is 18.0 Å². The zero-order valence-electron chi connectivity index (χ0n) is 16.9. The van der Waals surface area contributed by atoms with Crippen molar-refractivity contribution >= 4 is 37.8 Å². The Hall–Kier alpha value is -2.23. The van der Waals surface area contributed by atoms with Crippen molar-refractivity contribution in [1.29, 1.82) is 0 Å². The van der Waals surface area contributed by atoms with Crippen LogP contribution in [0, 0.1) is 27.7 Å². The standard InChI is InChI=1S/C20H24BrN3O4S/c1-11-10-12(2)14(4)18(13(11)3)29(27,28)24-15(5)19(25)22-23-20(26)16-6-8-17(21)9-7-16/h6-10,15,24H,1-5H3,(H,22,25)(H,23,26)/t15-/m0/s1. The van der Waals surface area contributed by atoms with Gasteiger partial charge in [0.2, 0.25) is 10.0 Å². The van der Waals surface area contributed by atoms with Gasteiger partial charge >= 0.3 is 0 Å². The molecular formula is C20H24BrN3O4S. The molecule has 2 rings (SSSR count). The maximum Gasteiger partial charge on any atom is 0.269 e. The highest BCUT2D eigenvalue weighted by atomic mass is 79.9. The summed E-state index contributed by atoms with van der Waals surface area (Å²) in [5, 5.41) is 0. The van der Waals surface area contributed by atoms with Gasteiger partial charge in [-0.2, -0.15) is 4.72 Å². The first kappa shape index (κ1) is 23.1. The number of halogens is 1. The molecule has 0 bridgehead atoms.